The van der Waals surface area contributed by atoms with Crippen LogP contribution in [-0.2, 0) is 10.5 Å². The molecule has 0 atom stereocenters. The molecule has 0 radical (unpaired) electrons. The highest BCUT2D eigenvalue weighted by molar-refractivity contribution is 7.98. The van der Waals surface area contributed by atoms with Gasteiger partial charge in [0, 0.05) is 34.0 Å². The number of thioether (sulfide) groups is 1. The maximum Gasteiger partial charge on any atom is 0.223 e. The van der Waals surface area contributed by atoms with Crippen LogP contribution in [0.2, 0.25) is 10.0 Å². The number of rotatable bonds is 6. The van der Waals surface area contributed by atoms with Crippen LogP contribution in [-0.4, -0.2) is 18.2 Å². The first-order chi connectivity index (χ1) is 10.2. The molecule has 1 aliphatic rings. The van der Waals surface area contributed by atoms with Crippen LogP contribution in [0.3, 0.4) is 0 Å². The fraction of sp³-hybridized carbons (Fsp3) is 0.562. The maximum atomic E-state index is 12.0. The van der Waals surface area contributed by atoms with E-state index < -0.39 is 0 Å². The Morgan fingerprint density at radius 1 is 1.24 bits per heavy atom. The fourth-order valence-electron chi connectivity index (χ4n) is 2.58. The first-order valence-electron chi connectivity index (χ1n) is 7.46. The van der Waals surface area contributed by atoms with Crippen LogP contribution in [0.1, 0.15) is 37.7 Å². The van der Waals surface area contributed by atoms with Gasteiger partial charge >= 0.3 is 0 Å². The summed E-state index contributed by atoms with van der Waals surface area (Å²) in [7, 11) is 0. The Kier molecular flexibility index (Phi) is 7.21. The lowest BCUT2D eigenvalue weighted by Crippen LogP contribution is -2.33. The van der Waals surface area contributed by atoms with Gasteiger partial charge < -0.3 is 5.32 Å². The third kappa shape index (κ3) is 5.72. The summed E-state index contributed by atoms with van der Waals surface area (Å²) in [5.74, 6) is 2.22. The summed E-state index contributed by atoms with van der Waals surface area (Å²) in [6, 6.07) is 5.58. The summed E-state index contributed by atoms with van der Waals surface area (Å²) in [6.07, 6.45) is 5.78. The Hall–Kier alpha value is -0.380. The number of amides is 1. The summed E-state index contributed by atoms with van der Waals surface area (Å²) in [5.41, 5.74) is 1.09. The Morgan fingerprint density at radius 2 is 2.00 bits per heavy atom. The molecule has 0 spiro atoms. The Labute approximate surface area is 141 Å². The third-order valence-electron chi connectivity index (χ3n) is 3.79. The zero-order valence-corrected chi connectivity index (χ0v) is 14.4. The van der Waals surface area contributed by atoms with Crippen molar-refractivity contribution in [1.82, 2.24) is 5.32 Å². The predicted octanol–water partition coefficient (Wildman–Crippen LogP) is 4.92. The van der Waals surface area contributed by atoms with Gasteiger partial charge in [-0.2, -0.15) is 11.8 Å². The van der Waals surface area contributed by atoms with Crippen molar-refractivity contribution in [3.63, 3.8) is 0 Å². The highest BCUT2D eigenvalue weighted by Gasteiger charge is 2.20. The minimum atomic E-state index is 0.236. The van der Waals surface area contributed by atoms with E-state index in [2.05, 4.69) is 5.32 Å². The lowest BCUT2D eigenvalue weighted by molar-refractivity contribution is -0.125. The summed E-state index contributed by atoms with van der Waals surface area (Å²) in [5, 5.41) is 4.42. The van der Waals surface area contributed by atoms with E-state index in [-0.39, 0.29) is 11.8 Å². The van der Waals surface area contributed by atoms with Crippen LogP contribution in [0.4, 0.5) is 0 Å². The van der Waals surface area contributed by atoms with Crippen molar-refractivity contribution >= 4 is 40.9 Å². The van der Waals surface area contributed by atoms with Crippen LogP contribution in [0.5, 0.6) is 0 Å². The van der Waals surface area contributed by atoms with Crippen LogP contribution >= 0.6 is 35.0 Å². The molecular weight excluding hydrogens is 325 g/mol. The van der Waals surface area contributed by atoms with Crippen molar-refractivity contribution in [1.29, 1.82) is 0 Å². The molecule has 0 unspecified atom stereocenters. The molecule has 1 aliphatic carbocycles. The summed E-state index contributed by atoms with van der Waals surface area (Å²) >= 11 is 13.8. The average Bonchev–Trinajstić information content (AvgIpc) is 2.49. The second kappa shape index (κ2) is 8.92. The molecule has 0 aromatic heterocycles. The highest BCUT2D eigenvalue weighted by Crippen LogP contribution is 2.25. The van der Waals surface area contributed by atoms with E-state index in [1.165, 1.54) is 19.3 Å². The lowest BCUT2D eigenvalue weighted by atomic mass is 9.89. The molecule has 0 bridgehead atoms. The maximum absolute atomic E-state index is 12.0. The number of benzene rings is 1. The number of carbonyl (C=O) groups is 1. The van der Waals surface area contributed by atoms with Crippen molar-refractivity contribution in [2.75, 3.05) is 12.3 Å². The van der Waals surface area contributed by atoms with Gasteiger partial charge in [-0.3, -0.25) is 4.79 Å². The van der Waals surface area contributed by atoms with Gasteiger partial charge in [0.2, 0.25) is 5.91 Å². The molecule has 1 saturated carbocycles. The minimum Gasteiger partial charge on any atom is -0.355 e. The van der Waals surface area contributed by atoms with Gasteiger partial charge in [-0.05, 0) is 30.5 Å². The first kappa shape index (κ1) is 17.0. The van der Waals surface area contributed by atoms with E-state index in [0.29, 0.717) is 10.0 Å². The van der Waals surface area contributed by atoms with E-state index in [9.17, 15) is 4.79 Å². The number of hydrogen-bond donors (Lipinski definition) is 1. The van der Waals surface area contributed by atoms with E-state index in [0.717, 1.165) is 36.5 Å². The fourth-order valence-corrected chi connectivity index (χ4v) is 3.99. The highest BCUT2D eigenvalue weighted by atomic mass is 35.5. The number of nitrogens with one attached hydrogen (secondary N) is 1. The summed E-state index contributed by atoms with van der Waals surface area (Å²) in [4.78, 5) is 12.0. The van der Waals surface area contributed by atoms with Gasteiger partial charge in [0.25, 0.3) is 0 Å². The minimum absolute atomic E-state index is 0.236. The zero-order chi connectivity index (χ0) is 15.1. The van der Waals surface area contributed by atoms with E-state index in [1.807, 2.05) is 12.1 Å². The topological polar surface area (TPSA) is 29.1 Å². The molecule has 2 nitrogen and oxygen atoms in total. The molecule has 1 fully saturated rings. The third-order valence-corrected chi connectivity index (χ3v) is 5.39. The van der Waals surface area contributed by atoms with Gasteiger partial charge in [0.1, 0.15) is 0 Å². The van der Waals surface area contributed by atoms with Gasteiger partial charge in [-0.15, -0.1) is 0 Å². The Bertz CT molecular complexity index is 475. The van der Waals surface area contributed by atoms with Gasteiger partial charge in [-0.25, -0.2) is 0 Å². The molecule has 5 heteroatoms. The predicted molar refractivity (Wildman–Crippen MR) is 92.2 cm³/mol. The Balaban J connectivity index is 1.62. The molecule has 1 aromatic carbocycles. The second-order valence-electron chi connectivity index (χ2n) is 5.41. The van der Waals surface area contributed by atoms with E-state index in [1.54, 1.807) is 17.8 Å². The molecule has 0 aliphatic heterocycles. The number of carbonyl (C=O) groups excluding carboxylic acids is 1. The molecule has 1 amide bonds. The molecule has 2 rings (SSSR count). The smallest absolute Gasteiger partial charge is 0.223 e. The average molecular weight is 346 g/mol. The van der Waals surface area contributed by atoms with Gasteiger partial charge in [-0.1, -0.05) is 48.5 Å². The van der Waals surface area contributed by atoms with Crippen molar-refractivity contribution in [2.24, 2.45) is 5.92 Å². The van der Waals surface area contributed by atoms with E-state index in [4.69, 9.17) is 23.2 Å². The van der Waals surface area contributed by atoms with Crippen LogP contribution in [0.25, 0.3) is 0 Å². The SMILES string of the molecule is O=C(NCCSCc1ccc(Cl)cc1Cl)C1CCCCC1. The standard InChI is InChI=1S/C16H21Cl2NOS/c17-14-7-6-13(15(18)10-14)11-21-9-8-19-16(20)12-4-2-1-3-5-12/h6-7,10,12H,1-5,8-9,11H2,(H,19,20). The molecule has 0 saturated heterocycles. The van der Waals surface area contributed by atoms with E-state index >= 15 is 0 Å². The molecule has 1 N–H and O–H groups in total. The molecular formula is C16H21Cl2NOS. The van der Waals surface area contributed by atoms with Crippen LogP contribution < -0.4 is 5.32 Å². The summed E-state index contributed by atoms with van der Waals surface area (Å²) < 4.78 is 0. The Morgan fingerprint density at radius 3 is 2.71 bits per heavy atom. The van der Waals surface area contributed by atoms with Crippen molar-refractivity contribution in [3.05, 3.63) is 33.8 Å². The number of halogens is 2. The largest absolute Gasteiger partial charge is 0.355 e. The van der Waals surface area contributed by atoms with Gasteiger partial charge in [0.15, 0.2) is 0 Å². The van der Waals surface area contributed by atoms with Crippen LogP contribution in [0, 0.1) is 5.92 Å². The zero-order valence-electron chi connectivity index (χ0n) is 12.0. The quantitative estimate of drug-likeness (QED) is 0.741. The summed E-state index contributed by atoms with van der Waals surface area (Å²) in [6.45, 7) is 0.727. The van der Waals surface area contributed by atoms with Gasteiger partial charge in [0.05, 0.1) is 0 Å². The van der Waals surface area contributed by atoms with Crippen LogP contribution in [0.15, 0.2) is 18.2 Å². The number of hydrogen-bond acceptors (Lipinski definition) is 2. The molecule has 1 aromatic rings. The lowest BCUT2D eigenvalue weighted by Gasteiger charge is -2.20. The van der Waals surface area contributed by atoms with Crippen molar-refractivity contribution < 1.29 is 4.79 Å². The van der Waals surface area contributed by atoms with Crippen molar-refractivity contribution in [2.45, 2.75) is 37.9 Å². The normalized spacial score (nSPS) is 15.9. The first-order valence-corrected chi connectivity index (χ1v) is 9.37. The van der Waals surface area contributed by atoms with Crippen molar-refractivity contribution in [3.8, 4) is 0 Å². The molecule has 116 valence electrons. The molecule has 21 heavy (non-hydrogen) atoms. The second-order valence-corrected chi connectivity index (χ2v) is 7.36. The molecule has 0 heterocycles. The monoisotopic (exact) mass is 345 g/mol.